The highest BCUT2D eigenvalue weighted by atomic mass is 32.1. The molecule has 0 atom stereocenters. The van der Waals surface area contributed by atoms with E-state index in [0.29, 0.717) is 13.0 Å². The largest absolute Gasteiger partial charge is 0.369 e. The highest BCUT2D eigenvalue weighted by Crippen LogP contribution is 2.27. The first kappa shape index (κ1) is 13.3. The van der Waals surface area contributed by atoms with E-state index in [1.54, 1.807) is 17.7 Å². The average Bonchev–Trinajstić information content (AvgIpc) is 3.06. The minimum absolute atomic E-state index is 0.238. The molecule has 0 bridgehead atoms. The number of hydrogen-bond acceptors (Lipinski definition) is 5. The first-order valence-corrected chi connectivity index (χ1v) is 7.78. The lowest BCUT2D eigenvalue weighted by Crippen LogP contribution is -2.29. The number of aromatic nitrogens is 2. The molecule has 0 spiro atoms. The fraction of sp³-hybridized carbons (Fsp3) is 0.500. The topological polar surface area (TPSA) is 58.1 Å². The number of fused-ring (bicyclic) bond motifs is 1. The normalized spacial score (nSPS) is 14.9. The zero-order valence-corrected chi connectivity index (χ0v) is 12.4. The molecule has 1 aliphatic rings. The number of nitrogens with zero attached hydrogens (tertiary/aromatic N) is 3. The zero-order chi connectivity index (χ0) is 13.9. The first-order valence-electron chi connectivity index (χ1n) is 6.97. The molecule has 106 valence electrons. The minimum atomic E-state index is 0.238. The summed E-state index contributed by atoms with van der Waals surface area (Å²) in [5.41, 5.74) is 0. The number of hydrogen-bond donors (Lipinski definition) is 1. The highest BCUT2D eigenvalue weighted by Gasteiger charge is 2.17. The second kappa shape index (κ2) is 5.75. The molecule has 1 aliphatic heterocycles. The standard InChI is InChI=1S/C14H18N4OS/c1-10-8-11-13(16-9-17-14(11)20-10)15-5-4-12(19)18-6-2-3-7-18/h8-9H,2-7H2,1H3,(H,15,16,17). The fourth-order valence-corrected chi connectivity index (χ4v) is 3.38. The van der Waals surface area contributed by atoms with Crippen molar-refractivity contribution in [1.29, 1.82) is 0 Å². The van der Waals surface area contributed by atoms with E-state index in [1.165, 1.54) is 4.88 Å². The molecular formula is C14H18N4OS. The van der Waals surface area contributed by atoms with Gasteiger partial charge in [0.15, 0.2) is 0 Å². The Labute approximate surface area is 122 Å². The number of likely N-dealkylation sites (tertiary alicyclic amines) is 1. The molecule has 0 saturated carbocycles. The van der Waals surface area contributed by atoms with Gasteiger partial charge >= 0.3 is 0 Å². The van der Waals surface area contributed by atoms with Crippen LogP contribution in [0.3, 0.4) is 0 Å². The van der Waals surface area contributed by atoms with Crippen LogP contribution in [-0.2, 0) is 4.79 Å². The molecule has 0 aliphatic carbocycles. The number of rotatable bonds is 4. The van der Waals surface area contributed by atoms with Gasteiger partial charge in [0.2, 0.25) is 5.91 Å². The van der Waals surface area contributed by atoms with Crippen LogP contribution in [0, 0.1) is 6.92 Å². The molecule has 2 aromatic rings. The summed E-state index contributed by atoms with van der Waals surface area (Å²) in [5.74, 6) is 1.07. The van der Waals surface area contributed by atoms with Gasteiger partial charge in [0.05, 0.1) is 5.39 Å². The van der Waals surface area contributed by atoms with Gasteiger partial charge in [-0.3, -0.25) is 4.79 Å². The second-order valence-electron chi connectivity index (χ2n) is 5.06. The molecule has 20 heavy (non-hydrogen) atoms. The van der Waals surface area contributed by atoms with E-state index in [-0.39, 0.29) is 5.91 Å². The molecule has 1 N–H and O–H groups in total. The van der Waals surface area contributed by atoms with Gasteiger partial charge in [-0.1, -0.05) is 0 Å². The average molecular weight is 290 g/mol. The summed E-state index contributed by atoms with van der Waals surface area (Å²) in [6, 6.07) is 2.09. The van der Waals surface area contributed by atoms with Crippen molar-refractivity contribution in [2.75, 3.05) is 25.0 Å². The number of thiophene rings is 1. The molecule has 5 nitrogen and oxygen atoms in total. The van der Waals surface area contributed by atoms with Crippen LogP contribution in [0.25, 0.3) is 10.2 Å². The van der Waals surface area contributed by atoms with Gasteiger partial charge < -0.3 is 10.2 Å². The number of amides is 1. The predicted octanol–water partition coefficient (Wildman–Crippen LogP) is 2.42. The maximum absolute atomic E-state index is 12.0. The zero-order valence-electron chi connectivity index (χ0n) is 11.6. The van der Waals surface area contributed by atoms with Crippen LogP contribution < -0.4 is 5.32 Å². The van der Waals surface area contributed by atoms with Crippen molar-refractivity contribution in [1.82, 2.24) is 14.9 Å². The quantitative estimate of drug-likeness (QED) is 0.939. The van der Waals surface area contributed by atoms with Crippen LogP contribution in [0.15, 0.2) is 12.4 Å². The van der Waals surface area contributed by atoms with Crippen LogP contribution in [-0.4, -0.2) is 40.4 Å². The lowest BCUT2D eigenvalue weighted by molar-refractivity contribution is -0.129. The molecular weight excluding hydrogens is 272 g/mol. The van der Waals surface area contributed by atoms with Crippen LogP contribution >= 0.6 is 11.3 Å². The maximum Gasteiger partial charge on any atom is 0.224 e. The van der Waals surface area contributed by atoms with E-state index in [0.717, 1.165) is 42.0 Å². The van der Waals surface area contributed by atoms with Crippen molar-refractivity contribution in [3.05, 3.63) is 17.3 Å². The molecule has 0 radical (unpaired) electrons. The Hall–Kier alpha value is -1.69. The summed E-state index contributed by atoms with van der Waals surface area (Å²) >= 11 is 1.66. The lowest BCUT2D eigenvalue weighted by Gasteiger charge is -2.15. The summed E-state index contributed by atoms with van der Waals surface area (Å²) < 4.78 is 0. The maximum atomic E-state index is 12.0. The van der Waals surface area contributed by atoms with Gasteiger partial charge in [0.25, 0.3) is 0 Å². The van der Waals surface area contributed by atoms with E-state index in [1.807, 2.05) is 4.90 Å². The number of aryl methyl sites for hydroxylation is 1. The molecule has 0 aromatic carbocycles. The minimum Gasteiger partial charge on any atom is -0.369 e. The van der Waals surface area contributed by atoms with Crippen molar-refractivity contribution < 1.29 is 4.79 Å². The van der Waals surface area contributed by atoms with Gasteiger partial charge in [-0.05, 0) is 25.8 Å². The molecule has 3 heterocycles. The van der Waals surface area contributed by atoms with Crippen molar-refractivity contribution in [2.45, 2.75) is 26.2 Å². The summed E-state index contributed by atoms with van der Waals surface area (Å²) in [5, 5.41) is 4.31. The number of anilines is 1. The number of carbonyl (C=O) groups excluding carboxylic acids is 1. The molecule has 2 aromatic heterocycles. The summed E-state index contributed by atoms with van der Waals surface area (Å²) in [6.45, 7) is 4.52. The number of carbonyl (C=O) groups is 1. The lowest BCUT2D eigenvalue weighted by atomic mass is 10.3. The third-order valence-electron chi connectivity index (χ3n) is 3.54. The molecule has 3 rings (SSSR count). The van der Waals surface area contributed by atoms with Crippen molar-refractivity contribution in [2.24, 2.45) is 0 Å². The summed E-state index contributed by atoms with van der Waals surface area (Å²) in [6.07, 6.45) is 4.37. The van der Waals surface area contributed by atoms with Gasteiger partial charge in [0.1, 0.15) is 17.0 Å². The summed E-state index contributed by atoms with van der Waals surface area (Å²) in [4.78, 5) is 24.7. The van der Waals surface area contributed by atoms with Crippen molar-refractivity contribution in [3.8, 4) is 0 Å². The van der Waals surface area contributed by atoms with Gasteiger partial charge in [-0.2, -0.15) is 0 Å². The van der Waals surface area contributed by atoms with E-state index >= 15 is 0 Å². The first-order chi connectivity index (χ1) is 9.74. The van der Waals surface area contributed by atoms with Crippen LogP contribution in [0.2, 0.25) is 0 Å². The van der Waals surface area contributed by atoms with Gasteiger partial charge in [-0.15, -0.1) is 11.3 Å². The van der Waals surface area contributed by atoms with E-state index in [9.17, 15) is 4.79 Å². The van der Waals surface area contributed by atoms with Crippen LogP contribution in [0.4, 0.5) is 5.82 Å². The van der Waals surface area contributed by atoms with E-state index in [2.05, 4.69) is 28.3 Å². The Morgan fingerprint density at radius 3 is 3.00 bits per heavy atom. The Bertz CT molecular complexity index is 619. The van der Waals surface area contributed by atoms with Gasteiger partial charge in [0, 0.05) is 30.9 Å². The molecule has 1 fully saturated rings. The molecule has 1 saturated heterocycles. The second-order valence-corrected chi connectivity index (χ2v) is 6.30. The third-order valence-corrected chi connectivity index (χ3v) is 4.50. The number of nitrogens with one attached hydrogen (secondary N) is 1. The van der Waals surface area contributed by atoms with Crippen molar-refractivity contribution >= 4 is 33.3 Å². The van der Waals surface area contributed by atoms with Gasteiger partial charge in [-0.25, -0.2) is 9.97 Å². The Morgan fingerprint density at radius 1 is 1.40 bits per heavy atom. The Morgan fingerprint density at radius 2 is 2.20 bits per heavy atom. The summed E-state index contributed by atoms with van der Waals surface area (Å²) in [7, 11) is 0. The smallest absolute Gasteiger partial charge is 0.224 e. The Balaban J connectivity index is 1.61. The van der Waals surface area contributed by atoms with Crippen molar-refractivity contribution in [3.63, 3.8) is 0 Å². The third kappa shape index (κ3) is 2.75. The van der Waals surface area contributed by atoms with E-state index < -0.39 is 0 Å². The Kier molecular flexibility index (Phi) is 3.82. The predicted molar refractivity (Wildman–Crippen MR) is 81.1 cm³/mol. The molecule has 0 unspecified atom stereocenters. The molecule has 1 amide bonds. The SMILES string of the molecule is Cc1cc2c(NCCC(=O)N3CCCC3)ncnc2s1. The highest BCUT2D eigenvalue weighted by molar-refractivity contribution is 7.18. The molecule has 6 heteroatoms. The monoisotopic (exact) mass is 290 g/mol. The fourth-order valence-electron chi connectivity index (χ4n) is 2.53. The van der Waals surface area contributed by atoms with E-state index in [4.69, 9.17) is 0 Å². The van der Waals surface area contributed by atoms with Crippen LogP contribution in [0.1, 0.15) is 24.1 Å². The van der Waals surface area contributed by atoms with Crippen LogP contribution in [0.5, 0.6) is 0 Å².